The lowest BCUT2D eigenvalue weighted by molar-refractivity contribution is 0.0984. The molecule has 1 N–H and O–H groups in total. The summed E-state index contributed by atoms with van der Waals surface area (Å²) in [6.45, 7) is 2.69. The molecular weight excluding hydrogens is 186 g/mol. The number of nitrogens with one attached hydrogen (secondary N) is 1. The molecule has 0 aliphatic carbocycles. The van der Waals surface area contributed by atoms with Gasteiger partial charge in [-0.25, -0.2) is 0 Å². The number of aryl methyl sites for hydroxylation is 1. The zero-order valence-corrected chi connectivity index (χ0v) is 8.11. The van der Waals surface area contributed by atoms with Crippen LogP contribution < -0.4 is 5.32 Å². The number of halogens is 1. The number of rotatable bonds is 0. The molecule has 1 aliphatic heterocycles. The summed E-state index contributed by atoms with van der Waals surface area (Å²) in [5.74, 6) is 0.141. The predicted molar refractivity (Wildman–Crippen MR) is 53.6 cm³/mol. The molecule has 0 saturated heterocycles. The summed E-state index contributed by atoms with van der Waals surface area (Å²) in [6.07, 6.45) is 0.538. The first-order valence-electron chi connectivity index (χ1n) is 4.26. The summed E-state index contributed by atoms with van der Waals surface area (Å²) in [7, 11) is 0. The lowest BCUT2D eigenvalue weighted by Crippen LogP contribution is -2.19. The molecule has 3 heteroatoms. The molecular formula is C10H10ClNO. The number of fused-ring (bicyclic) bond motifs is 1. The molecule has 0 radical (unpaired) electrons. The third-order valence-electron chi connectivity index (χ3n) is 2.30. The van der Waals surface area contributed by atoms with E-state index in [0.717, 1.165) is 11.3 Å². The van der Waals surface area contributed by atoms with Gasteiger partial charge in [-0.15, -0.1) is 0 Å². The predicted octanol–water partition coefficient (Wildman–Crippen LogP) is 2.65. The summed E-state index contributed by atoms with van der Waals surface area (Å²) in [5, 5.41) is 3.75. The molecule has 2 rings (SSSR count). The summed E-state index contributed by atoms with van der Waals surface area (Å²) in [6, 6.07) is 3.70. The number of carbonyl (C=O) groups is 1. The Morgan fingerprint density at radius 2 is 2.23 bits per heavy atom. The van der Waals surface area contributed by atoms with Gasteiger partial charge in [0, 0.05) is 18.7 Å². The van der Waals surface area contributed by atoms with Crippen molar-refractivity contribution in [3.63, 3.8) is 0 Å². The highest BCUT2D eigenvalue weighted by molar-refractivity contribution is 6.35. The standard InChI is InChI=1S/C10H10ClNO/c1-6-2-3-7(11)9-8(13)4-5-12-10(6)9/h2-3,12H,4-5H2,1H3. The van der Waals surface area contributed by atoms with Crippen LogP contribution in [-0.2, 0) is 0 Å². The van der Waals surface area contributed by atoms with Gasteiger partial charge in [-0.1, -0.05) is 17.7 Å². The van der Waals surface area contributed by atoms with Gasteiger partial charge < -0.3 is 5.32 Å². The van der Waals surface area contributed by atoms with E-state index in [2.05, 4.69) is 5.32 Å². The normalized spacial score (nSPS) is 15.1. The van der Waals surface area contributed by atoms with Gasteiger partial charge in [0.15, 0.2) is 5.78 Å². The van der Waals surface area contributed by atoms with Crippen molar-refractivity contribution in [2.24, 2.45) is 0 Å². The maximum absolute atomic E-state index is 11.5. The molecule has 0 fully saturated rings. The molecule has 0 spiro atoms. The van der Waals surface area contributed by atoms with Crippen molar-refractivity contribution in [1.82, 2.24) is 0 Å². The SMILES string of the molecule is Cc1ccc(Cl)c2c1NCCC2=O. The zero-order chi connectivity index (χ0) is 9.42. The minimum Gasteiger partial charge on any atom is -0.384 e. The van der Waals surface area contributed by atoms with E-state index in [0.29, 0.717) is 23.6 Å². The van der Waals surface area contributed by atoms with Crippen LogP contribution in [0.5, 0.6) is 0 Å². The zero-order valence-electron chi connectivity index (χ0n) is 7.36. The van der Waals surface area contributed by atoms with Crippen LogP contribution in [0.4, 0.5) is 5.69 Å². The number of Topliss-reactive ketones (excluding diaryl/α,β-unsaturated/α-hetero) is 1. The fourth-order valence-corrected chi connectivity index (χ4v) is 1.87. The van der Waals surface area contributed by atoms with Gasteiger partial charge >= 0.3 is 0 Å². The number of hydrogen-bond acceptors (Lipinski definition) is 2. The van der Waals surface area contributed by atoms with Crippen molar-refractivity contribution in [3.05, 3.63) is 28.3 Å². The topological polar surface area (TPSA) is 29.1 Å². The van der Waals surface area contributed by atoms with Crippen molar-refractivity contribution in [2.45, 2.75) is 13.3 Å². The first-order chi connectivity index (χ1) is 6.20. The van der Waals surface area contributed by atoms with Crippen molar-refractivity contribution in [3.8, 4) is 0 Å². The molecule has 0 bridgehead atoms. The second-order valence-electron chi connectivity index (χ2n) is 3.21. The Balaban J connectivity index is 2.67. The first kappa shape index (κ1) is 8.57. The Bertz CT molecular complexity index is 373. The monoisotopic (exact) mass is 195 g/mol. The Morgan fingerprint density at radius 3 is 2.92 bits per heavy atom. The van der Waals surface area contributed by atoms with Crippen LogP contribution in [0.15, 0.2) is 12.1 Å². The molecule has 2 nitrogen and oxygen atoms in total. The van der Waals surface area contributed by atoms with Gasteiger partial charge in [-0.3, -0.25) is 4.79 Å². The van der Waals surface area contributed by atoms with Gasteiger partial charge in [0.25, 0.3) is 0 Å². The molecule has 13 heavy (non-hydrogen) atoms. The fourth-order valence-electron chi connectivity index (χ4n) is 1.61. The second-order valence-corrected chi connectivity index (χ2v) is 3.62. The molecule has 1 aromatic carbocycles. The van der Waals surface area contributed by atoms with Crippen LogP contribution in [-0.4, -0.2) is 12.3 Å². The van der Waals surface area contributed by atoms with Crippen molar-refractivity contribution >= 4 is 23.1 Å². The number of anilines is 1. The smallest absolute Gasteiger partial charge is 0.168 e. The number of ketones is 1. The van der Waals surface area contributed by atoms with Crippen LogP contribution in [0.2, 0.25) is 5.02 Å². The summed E-state index contributed by atoms with van der Waals surface area (Å²) in [4.78, 5) is 11.5. The Morgan fingerprint density at radius 1 is 1.46 bits per heavy atom. The number of benzene rings is 1. The molecule has 0 amide bonds. The minimum absolute atomic E-state index is 0.141. The molecule has 0 saturated carbocycles. The first-order valence-corrected chi connectivity index (χ1v) is 4.64. The van der Waals surface area contributed by atoms with Crippen LogP contribution in [0.3, 0.4) is 0 Å². The Hall–Kier alpha value is -1.02. The Kier molecular flexibility index (Phi) is 2.00. The molecule has 0 aromatic heterocycles. The van der Waals surface area contributed by atoms with Gasteiger partial charge in [-0.05, 0) is 18.6 Å². The van der Waals surface area contributed by atoms with E-state index in [9.17, 15) is 4.79 Å². The molecule has 68 valence electrons. The maximum atomic E-state index is 11.5. The summed E-state index contributed by atoms with van der Waals surface area (Å²) >= 11 is 5.95. The van der Waals surface area contributed by atoms with E-state index in [-0.39, 0.29) is 5.78 Å². The van der Waals surface area contributed by atoms with E-state index in [1.807, 2.05) is 13.0 Å². The second kappa shape index (κ2) is 3.04. The van der Waals surface area contributed by atoms with Gasteiger partial charge in [-0.2, -0.15) is 0 Å². The van der Waals surface area contributed by atoms with Crippen LogP contribution >= 0.6 is 11.6 Å². The third kappa shape index (κ3) is 1.31. The van der Waals surface area contributed by atoms with E-state index >= 15 is 0 Å². The van der Waals surface area contributed by atoms with E-state index in [4.69, 9.17) is 11.6 Å². The molecule has 1 aromatic rings. The average molecular weight is 196 g/mol. The molecule has 0 unspecified atom stereocenters. The van der Waals surface area contributed by atoms with Crippen molar-refractivity contribution < 1.29 is 4.79 Å². The highest BCUT2D eigenvalue weighted by Crippen LogP contribution is 2.31. The summed E-state index contributed by atoms with van der Waals surface area (Å²) in [5.41, 5.74) is 2.64. The van der Waals surface area contributed by atoms with Crippen molar-refractivity contribution in [1.29, 1.82) is 0 Å². The number of hydrogen-bond donors (Lipinski definition) is 1. The minimum atomic E-state index is 0.141. The number of carbonyl (C=O) groups excluding carboxylic acids is 1. The Labute approximate surface area is 81.9 Å². The fraction of sp³-hybridized carbons (Fsp3) is 0.300. The van der Waals surface area contributed by atoms with Crippen LogP contribution in [0.1, 0.15) is 22.3 Å². The van der Waals surface area contributed by atoms with Gasteiger partial charge in [0.2, 0.25) is 0 Å². The molecule has 1 aliphatic rings. The van der Waals surface area contributed by atoms with Gasteiger partial charge in [0.05, 0.1) is 10.6 Å². The van der Waals surface area contributed by atoms with Crippen LogP contribution in [0.25, 0.3) is 0 Å². The lowest BCUT2D eigenvalue weighted by atomic mass is 9.99. The highest BCUT2D eigenvalue weighted by Gasteiger charge is 2.20. The van der Waals surface area contributed by atoms with E-state index < -0.39 is 0 Å². The quantitative estimate of drug-likeness (QED) is 0.690. The highest BCUT2D eigenvalue weighted by atomic mass is 35.5. The third-order valence-corrected chi connectivity index (χ3v) is 2.61. The molecule has 1 heterocycles. The maximum Gasteiger partial charge on any atom is 0.168 e. The van der Waals surface area contributed by atoms with E-state index in [1.54, 1.807) is 6.07 Å². The van der Waals surface area contributed by atoms with E-state index in [1.165, 1.54) is 0 Å². The lowest BCUT2D eigenvalue weighted by Gasteiger charge is -2.19. The van der Waals surface area contributed by atoms with Crippen LogP contribution in [0, 0.1) is 6.92 Å². The summed E-state index contributed by atoms with van der Waals surface area (Å²) < 4.78 is 0. The largest absolute Gasteiger partial charge is 0.384 e. The average Bonchev–Trinajstić information content (AvgIpc) is 2.12. The van der Waals surface area contributed by atoms with Crippen molar-refractivity contribution in [2.75, 3.05) is 11.9 Å². The van der Waals surface area contributed by atoms with Gasteiger partial charge in [0.1, 0.15) is 0 Å². The molecule has 0 atom stereocenters.